The standard InChI is InChI=1S/C10H13NS/c11-8-6-10(8,7-3-4-7)9-2-1-5-12-9/h1-2,5,7-8H,3-4,6,11H2. The first-order valence-corrected chi connectivity index (χ1v) is 5.51. The van der Waals surface area contributed by atoms with Crippen molar-refractivity contribution in [3.8, 4) is 0 Å². The Labute approximate surface area is 76.6 Å². The molecule has 0 amide bonds. The van der Waals surface area contributed by atoms with Gasteiger partial charge in [-0.05, 0) is 36.6 Å². The van der Waals surface area contributed by atoms with Crippen LogP contribution in [0.5, 0.6) is 0 Å². The van der Waals surface area contributed by atoms with Crippen LogP contribution in [0.15, 0.2) is 17.5 Å². The molecule has 2 aliphatic rings. The quantitative estimate of drug-likeness (QED) is 0.739. The number of hydrogen-bond donors (Lipinski definition) is 1. The second kappa shape index (κ2) is 2.12. The highest BCUT2D eigenvalue weighted by Gasteiger charge is 2.61. The summed E-state index contributed by atoms with van der Waals surface area (Å²) in [7, 11) is 0. The number of hydrogen-bond acceptors (Lipinski definition) is 2. The fraction of sp³-hybridized carbons (Fsp3) is 0.600. The van der Waals surface area contributed by atoms with E-state index in [1.54, 1.807) is 0 Å². The lowest BCUT2D eigenvalue weighted by Crippen LogP contribution is -2.19. The van der Waals surface area contributed by atoms with Gasteiger partial charge in [-0.2, -0.15) is 0 Å². The van der Waals surface area contributed by atoms with Gasteiger partial charge in [0.25, 0.3) is 0 Å². The summed E-state index contributed by atoms with van der Waals surface area (Å²) in [6, 6.07) is 4.87. The molecule has 2 fully saturated rings. The molecule has 2 heteroatoms. The Bertz CT molecular complexity index is 289. The first kappa shape index (κ1) is 7.10. The molecule has 0 aromatic carbocycles. The Morgan fingerprint density at radius 2 is 2.25 bits per heavy atom. The van der Waals surface area contributed by atoms with Crippen molar-refractivity contribution in [2.45, 2.75) is 30.7 Å². The van der Waals surface area contributed by atoms with E-state index >= 15 is 0 Å². The molecule has 0 spiro atoms. The molecule has 2 aliphatic carbocycles. The first-order valence-electron chi connectivity index (χ1n) is 4.63. The zero-order valence-electron chi connectivity index (χ0n) is 6.99. The van der Waals surface area contributed by atoms with Gasteiger partial charge >= 0.3 is 0 Å². The van der Waals surface area contributed by atoms with E-state index in [9.17, 15) is 0 Å². The third-order valence-electron chi connectivity index (χ3n) is 3.34. The van der Waals surface area contributed by atoms with Gasteiger partial charge in [0.05, 0.1) is 0 Å². The van der Waals surface area contributed by atoms with Crippen LogP contribution in [0.2, 0.25) is 0 Å². The normalized spacial score (nSPS) is 39.9. The Kier molecular flexibility index (Phi) is 1.25. The van der Waals surface area contributed by atoms with Crippen LogP contribution in [0.25, 0.3) is 0 Å². The number of rotatable bonds is 2. The van der Waals surface area contributed by atoms with Gasteiger partial charge in [0, 0.05) is 16.3 Å². The second-order valence-electron chi connectivity index (χ2n) is 4.10. The third-order valence-corrected chi connectivity index (χ3v) is 4.41. The molecule has 2 atom stereocenters. The largest absolute Gasteiger partial charge is 0.327 e. The van der Waals surface area contributed by atoms with E-state index in [4.69, 9.17) is 5.73 Å². The van der Waals surface area contributed by atoms with Crippen LogP contribution < -0.4 is 5.73 Å². The molecule has 1 aromatic heterocycles. The van der Waals surface area contributed by atoms with Crippen molar-refractivity contribution in [3.05, 3.63) is 22.4 Å². The summed E-state index contributed by atoms with van der Waals surface area (Å²) in [5.74, 6) is 0.922. The lowest BCUT2D eigenvalue weighted by Gasteiger charge is -2.12. The maximum atomic E-state index is 6.04. The van der Waals surface area contributed by atoms with Gasteiger partial charge in [-0.15, -0.1) is 11.3 Å². The van der Waals surface area contributed by atoms with E-state index < -0.39 is 0 Å². The maximum absolute atomic E-state index is 6.04. The minimum atomic E-state index is 0.439. The van der Waals surface area contributed by atoms with E-state index in [2.05, 4.69) is 17.5 Å². The Morgan fingerprint density at radius 3 is 2.67 bits per heavy atom. The van der Waals surface area contributed by atoms with Crippen LogP contribution in [0.3, 0.4) is 0 Å². The fourth-order valence-electron chi connectivity index (χ4n) is 2.40. The molecule has 2 unspecified atom stereocenters. The summed E-state index contributed by atoms with van der Waals surface area (Å²) in [5, 5.41) is 2.17. The van der Waals surface area contributed by atoms with Crippen LogP contribution in [-0.2, 0) is 5.41 Å². The van der Waals surface area contributed by atoms with E-state index in [0.717, 1.165) is 5.92 Å². The van der Waals surface area contributed by atoms with Crippen LogP contribution in [0, 0.1) is 5.92 Å². The highest BCUT2D eigenvalue weighted by Crippen LogP contribution is 2.62. The van der Waals surface area contributed by atoms with E-state index in [-0.39, 0.29) is 0 Å². The zero-order chi connectivity index (χ0) is 8.18. The minimum absolute atomic E-state index is 0.439. The third kappa shape index (κ3) is 0.771. The smallest absolute Gasteiger partial charge is 0.0242 e. The van der Waals surface area contributed by atoms with Gasteiger partial charge in [-0.3, -0.25) is 0 Å². The topological polar surface area (TPSA) is 26.0 Å². The molecule has 0 saturated heterocycles. The van der Waals surface area contributed by atoms with Crippen LogP contribution in [0.4, 0.5) is 0 Å². The Hall–Kier alpha value is -0.340. The van der Waals surface area contributed by atoms with Crippen molar-refractivity contribution in [2.24, 2.45) is 11.7 Å². The molecule has 2 N–H and O–H groups in total. The van der Waals surface area contributed by atoms with Crippen molar-refractivity contribution in [3.63, 3.8) is 0 Å². The molecule has 2 saturated carbocycles. The summed E-state index contributed by atoms with van der Waals surface area (Å²) in [6.45, 7) is 0. The van der Waals surface area contributed by atoms with Gasteiger partial charge in [-0.1, -0.05) is 6.07 Å². The summed E-state index contributed by atoms with van der Waals surface area (Å²) < 4.78 is 0. The van der Waals surface area contributed by atoms with Crippen molar-refractivity contribution < 1.29 is 0 Å². The summed E-state index contributed by atoms with van der Waals surface area (Å²) >= 11 is 1.88. The molecule has 3 rings (SSSR count). The minimum Gasteiger partial charge on any atom is -0.327 e. The summed E-state index contributed by atoms with van der Waals surface area (Å²) in [5.41, 5.74) is 6.48. The predicted molar refractivity (Wildman–Crippen MR) is 51.3 cm³/mol. The first-order chi connectivity index (χ1) is 5.84. The average molecular weight is 179 g/mol. The van der Waals surface area contributed by atoms with Gasteiger partial charge in [0.2, 0.25) is 0 Å². The monoisotopic (exact) mass is 179 g/mol. The molecule has 64 valence electrons. The van der Waals surface area contributed by atoms with Crippen LogP contribution in [0.1, 0.15) is 24.1 Å². The fourth-order valence-corrected chi connectivity index (χ4v) is 3.48. The maximum Gasteiger partial charge on any atom is 0.0242 e. The lowest BCUT2D eigenvalue weighted by atomic mass is 9.97. The molecule has 1 aromatic rings. The molecular formula is C10H13NS. The van der Waals surface area contributed by atoms with Crippen molar-refractivity contribution in [1.29, 1.82) is 0 Å². The van der Waals surface area contributed by atoms with Gasteiger partial charge in [0.15, 0.2) is 0 Å². The number of nitrogens with two attached hydrogens (primary N) is 1. The molecule has 0 bridgehead atoms. The lowest BCUT2D eigenvalue weighted by molar-refractivity contribution is 0.584. The molecular weight excluding hydrogens is 166 g/mol. The van der Waals surface area contributed by atoms with E-state index in [0.29, 0.717) is 11.5 Å². The van der Waals surface area contributed by atoms with Crippen LogP contribution >= 0.6 is 11.3 Å². The van der Waals surface area contributed by atoms with E-state index in [1.165, 1.54) is 24.1 Å². The summed E-state index contributed by atoms with van der Waals surface area (Å²) in [6.07, 6.45) is 4.05. The van der Waals surface area contributed by atoms with Gasteiger partial charge < -0.3 is 5.73 Å². The second-order valence-corrected chi connectivity index (χ2v) is 5.05. The van der Waals surface area contributed by atoms with Crippen molar-refractivity contribution in [1.82, 2.24) is 0 Å². The molecule has 0 radical (unpaired) electrons. The molecule has 12 heavy (non-hydrogen) atoms. The summed E-state index contributed by atoms with van der Waals surface area (Å²) in [4.78, 5) is 1.54. The highest BCUT2D eigenvalue weighted by atomic mass is 32.1. The van der Waals surface area contributed by atoms with Crippen LogP contribution in [-0.4, -0.2) is 6.04 Å². The molecule has 1 heterocycles. The average Bonchev–Trinajstić information content (AvgIpc) is 2.93. The SMILES string of the molecule is NC1CC1(c1cccs1)C1CC1. The molecule has 1 nitrogen and oxygen atoms in total. The van der Waals surface area contributed by atoms with E-state index in [1.807, 2.05) is 11.3 Å². The Morgan fingerprint density at radius 1 is 1.50 bits per heavy atom. The zero-order valence-corrected chi connectivity index (χ0v) is 7.81. The Balaban J connectivity index is 1.98. The number of thiophene rings is 1. The van der Waals surface area contributed by atoms with Crippen molar-refractivity contribution in [2.75, 3.05) is 0 Å². The van der Waals surface area contributed by atoms with Gasteiger partial charge in [-0.25, -0.2) is 0 Å². The van der Waals surface area contributed by atoms with Crippen molar-refractivity contribution >= 4 is 11.3 Å². The highest BCUT2D eigenvalue weighted by molar-refractivity contribution is 7.10. The molecule has 0 aliphatic heterocycles. The van der Waals surface area contributed by atoms with Gasteiger partial charge in [0.1, 0.15) is 0 Å². The predicted octanol–water partition coefficient (Wildman–Crippen LogP) is 2.13.